The number of nitrogens with two attached hydrogens (primary N) is 1. The van der Waals surface area contributed by atoms with E-state index in [1.807, 2.05) is 30.3 Å². The Morgan fingerprint density at radius 1 is 0.950 bits per heavy atom. The van der Waals surface area contributed by atoms with Crippen LogP contribution < -0.4 is 10.5 Å². The average molecular weight is 290 g/mol. The summed E-state index contributed by atoms with van der Waals surface area (Å²) in [6.07, 6.45) is 0. The van der Waals surface area contributed by atoms with Gasteiger partial charge in [0.05, 0.1) is 11.4 Å². The zero-order chi connectivity index (χ0) is 14.6. The number of carbonyl (C=O) groups is 1. The van der Waals surface area contributed by atoms with E-state index in [0.29, 0.717) is 0 Å². The third-order valence-electron chi connectivity index (χ3n) is 2.71. The molecule has 0 radical (unpaired) electrons. The maximum absolute atomic E-state index is 11.9. The summed E-state index contributed by atoms with van der Waals surface area (Å²) < 4.78 is 25.9. The molecule has 0 aliphatic heterocycles. The topological polar surface area (TPSA) is 89.3 Å². The standard InChI is InChI=1S/C14H14N2O3S/c15-14(17)10-16-20(18,19)13-8-6-12(7-9-13)11-4-2-1-3-5-11/h1-9,16H,10H2,(H2,15,17). The third kappa shape index (κ3) is 3.43. The van der Waals surface area contributed by atoms with Gasteiger partial charge in [-0.3, -0.25) is 4.79 Å². The first-order valence-corrected chi connectivity index (χ1v) is 7.41. The second-order valence-electron chi connectivity index (χ2n) is 4.18. The van der Waals surface area contributed by atoms with Crippen LogP contribution in [0.25, 0.3) is 11.1 Å². The van der Waals surface area contributed by atoms with Crippen molar-refractivity contribution in [3.05, 3.63) is 54.6 Å². The Bertz CT molecular complexity index is 695. The lowest BCUT2D eigenvalue weighted by molar-refractivity contribution is -0.116. The van der Waals surface area contributed by atoms with Crippen molar-refractivity contribution in [2.24, 2.45) is 5.73 Å². The summed E-state index contributed by atoms with van der Waals surface area (Å²) in [7, 11) is -3.71. The Hall–Kier alpha value is -2.18. The smallest absolute Gasteiger partial charge is 0.241 e. The molecule has 0 fully saturated rings. The lowest BCUT2D eigenvalue weighted by Gasteiger charge is -2.06. The van der Waals surface area contributed by atoms with Gasteiger partial charge in [0.1, 0.15) is 0 Å². The van der Waals surface area contributed by atoms with Crippen LogP contribution in [-0.4, -0.2) is 20.9 Å². The van der Waals surface area contributed by atoms with Gasteiger partial charge in [0.15, 0.2) is 0 Å². The Balaban J connectivity index is 2.22. The molecule has 0 saturated heterocycles. The van der Waals surface area contributed by atoms with Gasteiger partial charge in [-0.15, -0.1) is 0 Å². The molecule has 0 heterocycles. The predicted octanol–water partition coefficient (Wildman–Crippen LogP) is 1.12. The van der Waals surface area contributed by atoms with Gasteiger partial charge in [-0.05, 0) is 23.3 Å². The Morgan fingerprint density at radius 3 is 2.05 bits per heavy atom. The van der Waals surface area contributed by atoms with E-state index in [9.17, 15) is 13.2 Å². The largest absolute Gasteiger partial charge is 0.369 e. The summed E-state index contributed by atoms with van der Waals surface area (Å²) in [4.78, 5) is 10.7. The fourth-order valence-electron chi connectivity index (χ4n) is 1.71. The zero-order valence-corrected chi connectivity index (χ0v) is 11.4. The summed E-state index contributed by atoms with van der Waals surface area (Å²) in [5.41, 5.74) is 6.83. The first-order valence-electron chi connectivity index (χ1n) is 5.92. The van der Waals surface area contributed by atoms with E-state index >= 15 is 0 Å². The number of rotatable bonds is 5. The molecular formula is C14H14N2O3S. The maximum Gasteiger partial charge on any atom is 0.241 e. The molecular weight excluding hydrogens is 276 g/mol. The number of hydrogen-bond donors (Lipinski definition) is 2. The molecule has 3 N–H and O–H groups in total. The van der Waals surface area contributed by atoms with Crippen molar-refractivity contribution in [2.75, 3.05) is 6.54 Å². The first kappa shape index (κ1) is 14.2. The van der Waals surface area contributed by atoms with Crippen molar-refractivity contribution in [3.63, 3.8) is 0 Å². The second kappa shape index (κ2) is 5.85. The van der Waals surface area contributed by atoms with Crippen LogP contribution in [0.2, 0.25) is 0 Å². The van der Waals surface area contributed by atoms with Crippen molar-refractivity contribution in [3.8, 4) is 11.1 Å². The van der Waals surface area contributed by atoms with Gasteiger partial charge in [0.2, 0.25) is 15.9 Å². The molecule has 0 bridgehead atoms. The predicted molar refractivity (Wildman–Crippen MR) is 76.3 cm³/mol. The molecule has 6 heteroatoms. The van der Waals surface area contributed by atoms with E-state index in [4.69, 9.17) is 5.73 Å². The van der Waals surface area contributed by atoms with Gasteiger partial charge in [-0.25, -0.2) is 13.1 Å². The van der Waals surface area contributed by atoms with E-state index in [1.165, 1.54) is 12.1 Å². The van der Waals surface area contributed by atoms with Gasteiger partial charge >= 0.3 is 0 Å². The molecule has 0 atom stereocenters. The summed E-state index contributed by atoms with van der Waals surface area (Å²) in [5, 5.41) is 0. The molecule has 0 aromatic heterocycles. The van der Waals surface area contributed by atoms with Crippen molar-refractivity contribution < 1.29 is 13.2 Å². The molecule has 0 aliphatic rings. The average Bonchev–Trinajstić information content (AvgIpc) is 2.46. The van der Waals surface area contributed by atoms with Crippen LogP contribution in [0.3, 0.4) is 0 Å². The lowest BCUT2D eigenvalue weighted by Crippen LogP contribution is -2.33. The molecule has 0 saturated carbocycles. The zero-order valence-electron chi connectivity index (χ0n) is 10.6. The highest BCUT2D eigenvalue weighted by molar-refractivity contribution is 7.89. The van der Waals surface area contributed by atoms with E-state index in [2.05, 4.69) is 4.72 Å². The van der Waals surface area contributed by atoms with Gasteiger partial charge in [0.25, 0.3) is 0 Å². The molecule has 1 amide bonds. The fraction of sp³-hybridized carbons (Fsp3) is 0.0714. The van der Waals surface area contributed by atoms with Gasteiger partial charge in [0, 0.05) is 0 Å². The van der Waals surface area contributed by atoms with E-state index in [1.54, 1.807) is 12.1 Å². The Labute approximate surface area is 117 Å². The number of sulfonamides is 1. The van der Waals surface area contributed by atoms with Gasteiger partial charge in [-0.2, -0.15) is 0 Å². The monoisotopic (exact) mass is 290 g/mol. The molecule has 2 rings (SSSR count). The highest BCUT2D eigenvalue weighted by atomic mass is 32.2. The lowest BCUT2D eigenvalue weighted by atomic mass is 10.1. The number of hydrogen-bond acceptors (Lipinski definition) is 3. The number of nitrogens with one attached hydrogen (secondary N) is 1. The summed E-state index contributed by atoms with van der Waals surface area (Å²) >= 11 is 0. The van der Waals surface area contributed by atoms with Crippen LogP contribution in [0, 0.1) is 0 Å². The number of carbonyl (C=O) groups excluding carboxylic acids is 1. The molecule has 0 spiro atoms. The van der Waals surface area contributed by atoms with Crippen molar-refractivity contribution in [1.82, 2.24) is 4.72 Å². The highest BCUT2D eigenvalue weighted by Crippen LogP contribution is 2.20. The second-order valence-corrected chi connectivity index (χ2v) is 5.95. The van der Waals surface area contributed by atoms with Crippen molar-refractivity contribution >= 4 is 15.9 Å². The van der Waals surface area contributed by atoms with Crippen molar-refractivity contribution in [2.45, 2.75) is 4.90 Å². The van der Waals surface area contributed by atoms with Crippen molar-refractivity contribution in [1.29, 1.82) is 0 Å². The number of primary amides is 1. The molecule has 20 heavy (non-hydrogen) atoms. The molecule has 5 nitrogen and oxygen atoms in total. The maximum atomic E-state index is 11.9. The van der Waals surface area contributed by atoms with E-state index < -0.39 is 22.5 Å². The van der Waals surface area contributed by atoms with E-state index in [0.717, 1.165) is 11.1 Å². The molecule has 2 aromatic rings. The number of benzene rings is 2. The van der Waals surface area contributed by atoms with Crippen LogP contribution in [0.15, 0.2) is 59.5 Å². The summed E-state index contributed by atoms with van der Waals surface area (Å²) in [6, 6.07) is 16.0. The minimum Gasteiger partial charge on any atom is -0.369 e. The molecule has 104 valence electrons. The fourth-order valence-corrected chi connectivity index (χ4v) is 2.70. The van der Waals surface area contributed by atoms with Crippen LogP contribution in [0.5, 0.6) is 0 Å². The van der Waals surface area contributed by atoms with Crippen LogP contribution >= 0.6 is 0 Å². The molecule has 2 aromatic carbocycles. The quantitative estimate of drug-likeness (QED) is 0.864. The van der Waals surface area contributed by atoms with Gasteiger partial charge < -0.3 is 5.73 Å². The van der Waals surface area contributed by atoms with Crippen LogP contribution in [0.1, 0.15) is 0 Å². The Kier molecular flexibility index (Phi) is 4.16. The Morgan fingerprint density at radius 2 is 1.50 bits per heavy atom. The third-order valence-corrected chi connectivity index (χ3v) is 4.13. The normalized spacial score (nSPS) is 11.2. The first-order chi connectivity index (χ1) is 9.49. The molecule has 0 unspecified atom stereocenters. The highest BCUT2D eigenvalue weighted by Gasteiger charge is 2.14. The minimum absolute atomic E-state index is 0.0958. The van der Waals surface area contributed by atoms with Crippen LogP contribution in [0.4, 0.5) is 0 Å². The SMILES string of the molecule is NC(=O)CNS(=O)(=O)c1ccc(-c2ccccc2)cc1. The van der Waals surface area contributed by atoms with Crippen LogP contribution in [-0.2, 0) is 14.8 Å². The van der Waals surface area contributed by atoms with E-state index in [-0.39, 0.29) is 4.90 Å². The minimum atomic E-state index is -3.71. The molecule has 0 aliphatic carbocycles. The number of amides is 1. The summed E-state index contributed by atoms with van der Waals surface area (Å²) in [5.74, 6) is -0.727. The summed E-state index contributed by atoms with van der Waals surface area (Å²) in [6.45, 7) is -0.414. The van der Waals surface area contributed by atoms with Gasteiger partial charge in [-0.1, -0.05) is 42.5 Å².